The normalized spacial score (nSPS) is 14.8. The van der Waals surface area contributed by atoms with Crippen LogP contribution in [0.25, 0.3) is 0 Å². The van der Waals surface area contributed by atoms with Crippen molar-refractivity contribution in [3.63, 3.8) is 0 Å². The molecule has 4 N–H and O–H groups in total. The Balaban J connectivity index is 1.99. The van der Waals surface area contributed by atoms with Crippen LogP contribution in [-0.4, -0.2) is 23.2 Å². The zero-order valence-electron chi connectivity index (χ0n) is 13.4. The van der Waals surface area contributed by atoms with Crippen LogP contribution in [0, 0.1) is 22.7 Å². The van der Waals surface area contributed by atoms with E-state index in [0.717, 1.165) is 18.5 Å². The summed E-state index contributed by atoms with van der Waals surface area (Å²) in [7, 11) is 0. The fourth-order valence-electron chi connectivity index (χ4n) is 2.86. The number of nitriles is 2. The minimum Gasteiger partial charge on any atom is -0.383 e. The Labute approximate surface area is 153 Å². The molecule has 3 rings (SSSR count). The molecule has 9 heteroatoms. The quantitative estimate of drug-likeness (QED) is 0.782. The van der Waals surface area contributed by atoms with Crippen LogP contribution < -0.4 is 11.5 Å². The largest absolute Gasteiger partial charge is 0.383 e. The summed E-state index contributed by atoms with van der Waals surface area (Å²) in [6.07, 6.45) is 1.53. The Kier molecular flexibility index (Phi) is 5.39. The molecule has 2 aromatic rings. The molecule has 1 aliphatic heterocycles. The third-order valence-corrected chi connectivity index (χ3v) is 5.74. The van der Waals surface area contributed by atoms with Gasteiger partial charge in [-0.3, -0.25) is 0 Å². The second-order valence-electron chi connectivity index (χ2n) is 5.54. The lowest BCUT2D eigenvalue weighted by Gasteiger charge is -2.25. The highest BCUT2D eigenvalue weighted by Crippen LogP contribution is 2.38. The lowest BCUT2D eigenvalue weighted by Crippen LogP contribution is -2.18. The van der Waals surface area contributed by atoms with E-state index >= 15 is 0 Å². The van der Waals surface area contributed by atoms with Crippen molar-refractivity contribution in [2.45, 2.75) is 29.5 Å². The zero-order valence-corrected chi connectivity index (χ0v) is 15.0. The molecular formula is C16H16N6OS2. The number of pyridine rings is 1. The van der Waals surface area contributed by atoms with E-state index in [9.17, 15) is 10.5 Å². The number of hydrogen-bond acceptors (Lipinski definition) is 9. The molecule has 0 bridgehead atoms. The predicted octanol–water partition coefficient (Wildman–Crippen LogP) is 2.63. The maximum Gasteiger partial charge on any atom is 0.180 e. The van der Waals surface area contributed by atoms with E-state index in [0.29, 0.717) is 45.8 Å². The van der Waals surface area contributed by atoms with Gasteiger partial charge in [0.25, 0.3) is 0 Å². The minimum atomic E-state index is 0.0811. The molecule has 7 nitrogen and oxygen atoms in total. The number of anilines is 2. The molecule has 0 aromatic carbocycles. The van der Waals surface area contributed by atoms with Crippen molar-refractivity contribution >= 4 is 34.0 Å². The van der Waals surface area contributed by atoms with Gasteiger partial charge in [-0.2, -0.15) is 10.5 Å². The van der Waals surface area contributed by atoms with Crippen LogP contribution in [0.5, 0.6) is 0 Å². The van der Waals surface area contributed by atoms with Crippen molar-refractivity contribution in [2.75, 3.05) is 24.7 Å². The third kappa shape index (κ3) is 3.69. The van der Waals surface area contributed by atoms with E-state index in [2.05, 4.69) is 22.1 Å². The van der Waals surface area contributed by atoms with Gasteiger partial charge >= 0.3 is 0 Å². The monoisotopic (exact) mass is 372 g/mol. The molecule has 1 fully saturated rings. The molecule has 0 saturated carbocycles. The van der Waals surface area contributed by atoms with Gasteiger partial charge in [-0.25, -0.2) is 9.97 Å². The minimum absolute atomic E-state index is 0.0811. The molecular weight excluding hydrogens is 356 g/mol. The van der Waals surface area contributed by atoms with Gasteiger partial charge in [-0.05, 0) is 24.3 Å². The molecule has 0 spiro atoms. The van der Waals surface area contributed by atoms with E-state index in [1.54, 1.807) is 0 Å². The summed E-state index contributed by atoms with van der Waals surface area (Å²) in [5, 5.41) is 22.2. The highest BCUT2D eigenvalue weighted by Gasteiger charge is 2.27. The Hall–Kier alpha value is -2.33. The van der Waals surface area contributed by atoms with Crippen LogP contribution in [0.4, 0.5) is 10.9 Å². The number of nitrogens with zero attached hydrogens (tertiary/aromatic N) is 4. The Morgan fingerprint density at radius 3 is 2.52 bits per heavy atom. The topological polar surface area (TPSA) is 135 Å². The number of hydrogen-bond donors (Lipinski definition) is 2. The summed E-state index contributed by atoms with van der Waals surface area (Å²) >= 11 is 2.75. The number of thiazole rings is 1. The number of rotatable bonds is 4. The van der Waals surface area contributed by atoms with Crippen molar-refractivity contribution in [1.29, 1.82) is 10.5 Å². The van der Waals surface area contributed by atoms with Crippen LogP contribution in [0.2, 0.25) is 0 Å². The van der Waals surface area contributed by atoms with Crippen LogP contribution in [-0.2, 0) is 10.5 Å². The summed E-state index contributed by atoms with van der Waals surface area (Å²) in [5.74, 6) is 0.786. The van der Waals surface area contributed by atoms with Crippen molar-refractivity contribution in [1.82, 2.24) is 9.97 Å². The Bertz CT molecular complexity index is 861. The highest BCUT2D eigenvalue weighted by atomic mass is 32.2. The summed E-state index contributed by atoms with van der Waals surface area (Å²) in [6, 6.07) is 4.36. The van der Waals surface area contributed by atoms with E-state index in [1.807, 2.05) is 5.38 Å². The SMILES string of the molecule is N#Cc1c(N)nc(SCc2csc(N)n2)c(C#N)c1C1CCOCC1. The molecule has 0 amide bonds. The molecule has 1 saturated heterocycles. The maximum atomic E-state index is 9.72. The zero-order chi connectivity index (χ0) is 17.8. The summed E-state index contributed by atoms with van der Waals surface area (Å²) in [6.45, 7) is 1.23. The second-order valence-corrected chi connectivity index (χ2v) is 7.40. The molecule has 0 atom stereocenters. The Morgan fingerprint density at radius 2 is 1.92 bits per heavy atom. The van der Waals surface area contributed by atoms with E-state index in [4.69, 9.17) is 16.2 Å². The molecule has 128 valence electrons. The molecule has 0 aliphatic carbocycles. The number of aromatic nitrogens is 2. The first-order valence-electron chi connectivity index (χ1n) is 7.68. The van der Waals surface area contributed by atoms with Crippen LogP contribution in [0.15, 0.2) is 10.4 Å². The van der Waals surface area contributed by atoms with Gasteiger partial charge in [0, 0.05) is 24.3 Å². The van der Waals surface area contributed by atoms with Crippen LogP contribution >= 0.6 is 23.1 Å². The van der Waals surface area contributed by atoms with Gasteiger partial charge in [0.15, 0.2) is 5.13 Å². The lowest BCUT2D eigenvalue weighted by atomic mass is 9.86. The molecule has 25 heavy (non-hydrogen) atoms. The molecule has 0 unspecified atom stereocenters. The lowest BCUT2D eigenvalue weighted by molar-refractivity contribution is 0.0852. The predicted molar refractivity (Wildman–Crippen MR) is 97.0 cm³/mol. The average molecular weight is 372 g/mol. The highest BCUT2D eigenvalue weighted by molar-refractivity contribution is 7.98. The standard InChI is InChI=1S/C16H16N6OS2/c17-5-11-13(9-1-3-23-4-2-9)12(6-18)15(22-14(11)19)24-7-10-8-25-16(20)21-10/h8-9H,1-4,7H2,(H2,19,22)(H2,20,21). The number of ether oxygens (including phenoxy) is 1. The van der Waals surface area contributed by atoms with Crippen molar-refractivity contribution in [2.24, 2.45) is 0 Å². The summed E-state index contributed by atoms with van der Waals surface area (Å²) in [5.41, 5.74) is 13.9. The fourth-order valence-corrected chi connectivity index (χ4v) is 4.42. The van der Waals surface area contributed by atoms with Crippen molar-refractivity contribution in [3.05, 3.63) is 27.8 Å². The average Bonchev–Trinajstić information content (AvgIpc) is 3.05. The molecule has 2 aromatic heterocycles. The van der Waals surface area contributed by atoms with Gasteiger partial charge in [-0.1, -0.05) is 11.8 Å². The van der Waals surface area contributed by atoms with Gasteiger partial charge in [0.2, 0.25) is 0 Å². The molecule has 1 aliphatic rings. The first-order chi connectivity index (χ1) is 12.1. The van der Waals surface area contributed by atoms with E-state index in [-0.39, 0.29) is 11.7 Å². The second kappa shape index (κ2) is 7.70. The fraction of sp³-hybridized carbons (Fsp3) is 0.375. The Morgan fingerprint density at radius 1 is 1.20 bits per heavy atom. The van der Waals surface area contributed by atoms with Crippen molar-refractivity contribution < 1.29 is 4.74 Å². The first kappa shape index (κ1) is 17.5. The van der Waals surface area contributed by atoms with E-state index in [1.165, 1.54) is 23.1 Å². The number of nitrogen functional groups attached to an aromatic ring is 2. The summed E-state index contributed by atoms with van der Waals surface area (Å²) in [4.78, 5) is 8.52. The third-order valence-electron chi connectivity index (χ3n) is 4.01. The van der Waals surface area contributed by atoms with E-state index < -0.39 is 0 Å². The van der Waals surface area contributed by atoms with Crippen LogP contribution in [0.3, 0.4) is 0 Å². The number of nitrogens with two attached hydrogens (primary N) is 2. The number of thioether (sulfide) groups is 1. The van der Waals surface area contributed by atoms with Gasteiger partial charge in [0.1, 0.15) is 23.0 Å². The smallest absolute Gasteiger partial charge is 0.180 e. The van der Waals surface area contributed by atoms with Crippen molar-refractivity contribution in [3.8, 4) is 12.1 Å². The first-order valence-corrected chi connectivity index (χ1v) is 9.54. The van der Waals surface area contributed by atoms with Gasteiger partial charge < -0.3 is 16.2 Å². The molecule has 0 radical (unpaired) electrons. The molecule has 3 heterocycles. The van der Waals surface area contributed by atoms with Crippen LogP contribution in [0.1, 0.15) is 41.1 Å². The van der Waals surface area contributed by atoms with Gasteiger partial charge in [0.05, 0.1) is 16.8 Å². The van der Waals surface area contributed by atoms with Gasteiger partial charge in [-0.15, -0.1) is 11.3 Å². The maximum absolute atomic E-state index is 9.72. The summed E-state index contributed by atoms with van der Waals surface area (Å²) < 4.78 is 5.40.